The van der Waals surface area contributed by atoms with E-state index in [0.717, 1.165) is 52.1 Å². The normalized spacial score (nSPS) is 20.5. The molecule has 2 aliphatic rings. The molecule has 0 atom stereocenters. The minimum Gasteiger partial charge on any atom is -0.461 e. The molecule has 22 heavy (non-hydrogen) atoms. The molecule has 1 amide bonds. The first kappa shape index (κ1) is 15.2. The van der Waals surface area contributed by atoms with Gasteiger partial charge >= 0.3 is 0 Å². The summed E-state index contributed by atoms with van der Waals surface area (Å²) in [6.45, 7) is 6.05. The van der Waals surface area contributed by atoms with E-state index in [9.17, 15) is 9.59 Å². The zero-order chi connectivity index (χ0) is 15.4. The number of carbonyl (C=O) groups excluding carboxylic acids is 2. The second-order valence-electron chi connectivity index (χ2n) is 6.04. The van der Waals surface area contributed by atoms with E-state index in [1.165, 1.54) is 6.26 Å². The van der Waals surface area contributed by atoms with Crippen LogP contribution in [0.3, 0.4) is 0 Å². The van der Waals surface area contributed by atoms with Gasteiger partial charge in [0.2, 0.25) is 11.7 Å². The van der Waals surface area contributed by atoms with Crippen LogP contribution in [0.15, 0.2) is 22.8 Å². The number of ketones is 1. The van der Waals surface area contributed by atoms with Gasteiger partial charge in [0.05, 0.1) is 19.4 Å². The topological polar surface area (TPSA) is 57.0 Å². The summed E-state index contributed by atoms with van der Waals surface area (Å²) in [5, 5.41) is 0. The van der Waals surface area contributed by atoms with E-state index in [1.807, 2.05) is 4.90 Å². The molecule has 0 saturated carbocycles. The highest BCUT2D eigenvalue weighted by atomic mass is 16.3. The number of likely N-dealkylation sites (tertiary alicyclic amines) is 1. The number of amides is 1. The molecule has 1 aromatic heterocycles. The first-order valence-electron chi connectivity index (χ1n) is 8.01. The molecule has 0 bridgehead atoms. The molecule has 0 unspecified atom stereocenters. The summed E-state index contributed by atoms with van der Waals surface area (Å²) in [5.74, 6) is 0.691. The van der Waals surface area contributed by atoms with Crippen LogP contribution in [0.25, 0.3) is 0 Å². The molecule has 2 aliphatic heterocycles. The number of furan rings is 1. The lowest BCUT2D eigenvalue weighted by Gasteiger charge is -2.34. The summed E-state index contributed by atoms with van der Waals surface area (Å²) in [6.07, 6.45) is 3.79. The lowest BCUT2D eigenvalue weighted by molar-refractivity contribution is -0.131. The molecule has 1 aromatic rings. The Labute approximate surface area is 130 Å². The standard InChI is InChI=1S/C16H23N3O3/c20-14(15-4-3-11-22-15)12-17-7-9-18(10-8-17)13-16(21)19-5-1-2-6-19/h3-4,11H,1-2,5-10,12-13H2. The van der Waals surface area contributed by atoms with Crippen LogP contribution in [-0.4, -0.2) is 78.7 Å². The molecule has 6 heteroatoms. The van der Waals surface area contributed by atoms with Crippen LogP contribution in [0.1, 0.15) is 23.4 Å². The van der Waals surface area contributed by atoms with Gasteiger partial charge in [0.25, 0.3) is 0 Å². The summed E-state index contributed by atoms with van der Waals surface area (Å²) in [5.41, 5.74) is 0. The quantitative estimate of drug-likeness (QED) is 0.750. The number of piperazine rings is 1. The first-order valence-corrected chi connectivity index (χ1v) is 8.01. The second kappa shape index (κ2) is 7.07. The van der Waals surface area contributed by atoms with Crippen LogP contribution in [0.2, 0.25) is 0 Å². The van der Waals surface area contributed by atoms with E-state index in [2.05, 4.69) is 9.80 Å². The molecule has 0 spiro atoms. The Hall–Kier alpha value is -1.66. The molecule has 2 fully saturated rings. The molecular formula is C16H23N3O3. The van der Waals surface area contributed by atoms with Crippen LogP contribution >= 0.6 is 0 Å². The van der Waals surface area contributed by atoms with Gasteiger partial charge in [0.1, 0.15) is 0 Å². The Kier molecular flexibility index (Phi) is 4.90. The van der Waals surface area contributed by atoms with Crippen molar-refractivity contribution in [2.75, 3.05) is 52.4 Å². The van der Waals surface area contributed by atoms with E-state index in [1.54, 1.807) is 12.1 Å². The summed E-state index contributed by atoms with van der Waals surface area (Å²) >= 11 is 0. The van der Waals surface area contributed by atoms with E-state index >= 15 is 0 Å². The van der Waals surface area contributed by atoms with Gasteiger partial charge in [0, 0.05) is 39.3 Å². The summed E-state index contributed by atoms with van der Waals surface area (Å²) < 4.78 is 5.13. The Morgan fingerprint density at radius 1 is 0.955 bits per heavy atom. The highest BCUT2D eigenvalue weighted by Gasteiger charge is 2.24. The zero-order valence-corrected chi connectivity index (χ0v) is 12.9. The molecule has 0 radical (unpaired) electrons. The molecular weight excluding hydrogens is 282 g/mol. The fourth-order valence-corrected chi connectivity index (χ4v) is 3.08. The van der Waals surface area contributed by atoms with Gasteiger partial charge in [-0.1, -0.05) is 0 Å². The zero-order valence-electron chi connectivity index (χ0n) is 12.9. The maximum atomic E-state index is 12.1. The number of hydrogen-bond donors (Lipinski definition) is 0. The van der Waals surface area contributed by atoms with Crippen LogP contribution in [0.4, 0.5) is 0 Å². The number of carbonyl (C=O) groups is 2. The van der Waals surface area contributed by atoms with Crippen molar-refractivity contribution in [3.8, 4) is 0 Å². The SMILES string of the molecule is O=C(CN1CCN(CC(=O)N2CCCC2)CC1)c1ccco1. The predicted molar refractivity (Wildman–Crippen MR) is 81.7 cm³/mol. The van der Waals surface area contributed by atoms with Crippen LogP contribution in [0.5, 0.6) is 0 Å². The van der Waals surface area contributed by atoms with Crippen molar-refractivity contribution in [3.05, 3.63) is 24.2 Å². The molecule has 0 aliphatic carbocycles. The van der Waals surface area contributed by atoms with Gasteiger partial charge in [-0.05, 0) is 25.0 Å². The predicted octanol–water partition coefficient (Wildman–Crippen LogP) is 0.702. The molecule has 2 saturated heterocycles. The number of rotatable bonds is 5. The Morgan fingerprint density at radius 3 is 2.18 bits per heavy atom. The van der Waals surface area contributed by atoms with Gasteiger partial charge in [-0.25, -0.2) is 0 Å². The molecule has 0 aromatic carbocycles. The van der Waals surface area contributed by atoms with Crippen LogP contribution in [-0.2, 0) is 4.79 Å². The Morgan fingerprint density at radius 2 is 1.59 bits per heavy atom. The van der Waals surface area contributed by atoms with Gasteiger partial charge in [-0.15, -0.1) is 0 Å². The minimum absolute atomic E-state index is 0.0200. The highest BCUT2D eigenvalue weighted by molar-refractivity contribution is 5.95. The van der Waals surface area contributed by atoms with Crippen molar-refractivity contribution in [1.29, 1.82) is 0 Å². The molecule has 3 heterocycles. The molecule has 6 nitrogen and oxygen atoms in total. The Bertz CT molecular complexity index is 501. The summed E-state index contributed by atoms with van der Waals surface area (Å²) in [6, 6.07) is 3.43. The van der Waals surface area contributed by atoms with Crippen molar-refractivity contribution in [1.82, 2.24) is 14.7 Å². The van der Waals surface area contributed by atoms with Gasteiger partial charge in [0.15, 0.2) is 5.76 Å². The van der Waals surface area contributed by atoms with E-state index in [-0.39, 0.29) is 11.7 Å². The maximum Gasteiger partial charge on any atom is 0.236 e. The highest BCUT2D eigenvalue weighted by Crippen LogP contribution is 2.10. The molecule has 3 rings (SSSR count). The summed E-state index contributed by atoms with van der Waals surface area (Å²) in [4.78, 5) is 30.4. The monoisotopic (exact) mass is 305 g/mol. The van der Waals surface area contributed by atoms with Crippen molar-refractivity contribution in [2.24, 2.45) is 0 Å². The smallest absolute Gasteiger partial charge is 0.236 e. The van der Waals surface area contributed by atoms with Gasteiger partial charge in [-0.2, -0.15) is 0 Å². The third kappa shape index (κ3) is 3.75. The number of hydrogen-bond acceptors (Lipinski definition) is 5. The third-order valence-electron chi connectivity index (χ3n) is 4.45. The second-order valence-corrected chi connectivity index (χ2v) is 6.04. The fraction of sp³-hybridized carbons (Fsp3) is 0.625. The van der Waals surface area contributed by atoms with E-state index in [0.29, 0.717) is 18.8 Å². The van der Waals surface area contributed by atoms with Gasteiger partial charge < -0.3 is 9.32 Å². The molecule has 120 valence electrons. The summed E-state index contributed by atoms with van der Waals surface area (Å²) in [7, 11) is 0. The van der Waals surface area contributed by atoms with Crippen LogP contribution < -0.4 is 0 Å². The Balaban J connectivity index is 1.40. The van der Waals surface area contributed by atoms with E-state index < -0.39 is 0 Å². The molecule has 0 N–H and O–H groups in total. The lowest BCUT2D eigenvalue weighted by Crippen LogP contribution is -2.50. The van der Waals surface area contributed by atoms with E-state index in [4.69, 9.17) is 4.42 Å². The van der Waals surface area contributed by atoms with Crippen molar-refractivity contribution < 1.29 is 14.0 Å². The first-order chi connectivity index (χ1) is 10.7. The average molecular weight is 305 g/mol. The van der Waals surface area contributed by atoms with Crippen molar-refractivity contribution in [3.63, 3.8) is 0 Å². The number of Topliss-reactive ketones (excluding diaryl/α,β-unsaturated/α-hetero) is 1. The third-order valence-corrected chi connectivity index (χ3v) is 4.45. The number of nitrogens with zero attached hydrogens (tertiary/aromatic N) is 3. The van der Waals surface area contributed by atoms with Crippen LogP contribution in [0, 0.1) is 0 Å². The van der Waals surface area contributed by atoms with Gasteiger partial charge in [-0.3, -0.25) is 19.4 Å². The van der Waals surface area contributed by atoms with Crippen molar-refractivity contribution >= 4 is 11.7 Å². The largest absolute Gasteiger partial charge is 0.461 e. The average Bonchev–Trinajstić information content (AvgIpc) is 3.23. The maximum absolute atomic E-state index is 12.1. The fourth-order valence-electron chi connectivity index (χ4n) is 3.08. The lowest BCUT2D eigenvalue weighted by atomic mass is 10.2. The van der Waals surface area contributed by atoms with Crippen molar-refractivity contribution in [2.45, 2.75) is 12.8 Å². The minimum atomic E-state index is 0.0200.